The highest BCUT2D eigenvalue weighted by Gasteiger charge is 2.15. The van der Waals surface area contributed by atoms with Gasteiger partial charge in [0.25, 0.3) is 0 Å². The van der Waals surface area contributed by atoms with Crippen LogP contribution in [0.15, 0.2) is 30.3 Å². The molecule has 112 valence electrons. The van der Waals surface area contributed by atoms with Crippen molar-refractivity contribution in [3.63, 3.8) is 0 Å². The lowest BCUT2D eigenvalue weighted by Crippen LogP contribution is -2.13. The number of rotatable bonds is 4. The number of hydrogen-bond donors (Lipinski definition) is 0. The van der Waals surface area contributed by atoms with E-state index in [9.17, 15) is 4.79 Å². The summed E-state index contributed by atoms with van der Waals surface area (Å²) >= 11 is 1.65. The van der Waals surface area contributed by atoms with Gasteiger partial charge in [-0.25, -0.2) is 0 Å². The van der Waals surface area contributed by atoms with Crippen molar-refractivity contribution in [3.8, 4) is 5.75 Å². The second-order valence-corrected chi connectivity index (χ2v) is 7.78. The Kier molecular flexibility index (Phi) is 4.52. The van der Waals surface area contributed by atoms with E-state index in [0.717, 1.165) is 21.1 Å². The zero-order chi connectivity index (χ0) is 15.6. The van der Waals surface area contributed by atoms with Crippen LogP contribution < -0.4 is 4.74 Å². The number of benzene rings is 1. The molecule has 21 heavy (non-hydrogen) atoms. The van der Waals surface area contributed by atoms with Gasteiger partial charge in [-0.15, -0.1) is 11.3 Å². The fourth-order valence-corrected chi connectivity index (χ4v) is 3.13. The summed E-state index contributed by atoms with van der Waals surface area (Å²) in [7, 11) is 0. The van der Waals surface area contributed by atoms with E-state index in [1.54, 1.807) is 11.3 Å². The van der Waals surface area contributed by atoms with Crippen molar-refractivity contribution >= 4 is 17.1 Å². The molecule has 1 aromatic heterocycles. The molecule has 0 amide bonds. The summed E-state index contributed by atoms with van der Waals surface area (Å²) in [6, 6.07) is 9.91. The van der Waals surface area contributed by atoms with E-state index in [2.05, 4.69) is 26.8 Å². The van der Waals surface area contributed by atoms with Crippen molar-refractivity contribution < 1.29 is 9.53 Å². The summed E-state index contributed by atoms with van der Waals surface area (Å²) in [6.45, 7) is 10.6. The predicted molar refractivity (Wildman–Crippen MR) is 88.8 cm³/mol. The maximum Gasteiger partial charge on any atom is 0.201 e. The van der Waals surface area contributed by atoms with Crippen LogP contribution in [-0.4, -0.2) is 12.4 Å². The number of carbonyl (C=O) groups excluding carboxylic acids is 1. The number of thiophene rings is 1. The van der Waals surface area contributed by atoms with Gasteiger partial charge in [-0.05, 0) is 43.0 Å². The Morgan fingerprint density at radius 2 is 1.90 bits per heavy atom. The molecule has 0 saturated carbocycles. The summed E-state index contributed by atoms with van der Waals surface area (Å²) in [5, 5.41) is 0. The topological polar surface area (TPSA) is 26.3 Å². The molecule has 0 spiro atoms. The Labute approximate surface area is 130 Å². The van der Waals surface area contributed by atoms with Crippen LogP contribution in [0, 0.1) is 13.8 Å². The molecule has 2 nitrogen and oxygen atoms in total. The fraction of sp³-hybridized carbons (Fsp3) is 0.389. The minimum absolute atomic E-state index is 0.0398. The minimum Gasteiger partial charge on any atom is -0.485 e. The number of ether oxygens (including phenoxy) is 1. The maximum atomic E-state index is 12.2. The third-order valence-corrected chi connectivity index (χ3v) is 4.38. The third kappa shape index (κ3) is 3.94. The lowest BCUT2D eigenvalue weighted by Gasteiger charge is -2.19. The molecule has 1 heterocycles. The van der Waals surface area contributed by atoms with E-state index in [0.29, 0.717) is 0 Å². The maximum absolute atomic E-state index is 12.2. The Morgan fingerprint density at radius 3 is 2.48 bits per heavy atom. The molecule has 0 aliphatic heterocycles. The normalized spacial score (nSPS) is 11.5. The second kappa shape index (κ2) is 6.02. The SMILES string of the molecule is Cc1cc(C(=O)COc2cccc(C(C)(C)C)c2)c(C)s1. The first-order valence-electron chi connectivity index (χ1n) is 7.11. The molecule has 0 unspecified atom stereocenters. The zero-order valence-electron chi connectivity index (χ0n) is 13.3. The highest BCUT2D eigenvalue weighted by Crippen LogP contribution is 2.26. The van der Waals surface area contributed by atoms with Crippen LogP contribution in [0.5, 0.6) is 5.75 Å². The predicted octanol–water partition coefficient (Wildman–Crippen LogP) is 4.92. The number of Topliss-reactive ketones (excluding diaryl/α,β-unsaturated/α-hetero) is 1. The van der Waals surface area contributed by atoms with E-state index in [1.165, 1.54) is 5.56 Å². The number of carbonyl (C=O) groups is 1. The van der Waals surface area contributed by atoms with E-state index >= 15 is 0 Å². The van der Waals surface area contributed by atoms with Gasteiger partial charge in [-0.3, -0.25) is 4.79 Å². The van der Waals surface area contributed by atoms with Gasteiger partial charge in [0.2, 0.25) is 5.78 Å². The van der Waals surface area contributed by atoms with Gasteiger partial charge < -0.3 is 4.74 Å². The molecule has 0 atom stereocenters. The quantitative estimate of drug-likeness (QED) is 0.749. The molecular weight excluding hydrogens is 280 g/mol. The number of aryl methyl sites for hydroxylation is 2. The van der Waals surface area contributed by atoms with Crippen molar-refractivity contribution in [2.45, 2.75) is 40.0 Å². The molecule has 2 rings (SSSR count). The van der Waals surface area contributed by atoms with E-state index in [4.69, 9.17) is 4.74 Å². The van der Waals surface area contributed by atoms with Crippen LogP contribution in [-0.2, 0) is 5.41 Å². The van der Waals surface area contributed by atoms with Crippen molar-refractivity contribution in [2.75, 3.05) is 6.61 Å². The van der Waals surface area contributed by atoms with Crippen LogP contribution in [0.3, 0.4) is 0 Å². The molecule has 3 heteroatoms. The Morgan fingerprint density at radius 1 is 1.19 bits per heavy atom. The summed E-state index contributed by atoms with van der Waals surface area (Å²) in [5.74, 6) is 0.790. The van der Waals surface area contributed by atoms with Crippen molar-refractivity contribution in [1.29, 1.82) is 0 Å². The van der Waals surface area contributed by atoms with Gasteiger partial charge in [-0.1, -0.05) is 32.9 Å². The van der Waals surface area contributed by atoms with Crippen LogP contribution in [0.25, 0.3) is 0 Å². The Hall–Kier alpha value is -1.61. The summed E-state index contributed by atoms with van der Waals surface area (Å²) in [5.41, 5.74) is 2.06. The average molecular weight is 302 g/mol. The lowest BCUT2D eigenvalue weighted by atomic mass is 9.87. The van der Waals surface area contributed by atoms with Gasteiger partial charge in [0.05, 0.1) is 0 Å². The molecule has 2 aromatic rings. The molecule has 0 aliphatic carbocycles. The first kappa shape index (κ1) is 15.8. The first-order valence-corrected chi connectivity index (χ1v) is 7.92. The first-order chi connectivity index (χ1) is 9.77. The second-order valence-electron chi connectivity index (χ2n) is 6.32. The molecule has 0 bridgehead atoms. The van der Waals surface area contributed by atoms with Gasteiger partial charge >= 0.3 is 0 Å². The van der Waals surface area contributed by atoms with Crippen molar-refractivity contribution in [3.05, 3.63) is 51.2 Å². The van der Waals surface area contributed by atoms with Crippen molar-refractivity contribution in [2.24, 2.45) is 0 Å². The zero-order valence-corrected chi connectivity index (χ0v) is 14.1. The lowest BCUT2D eigenvalue weighted by molar-refractivity contribution is 0.0921. The molecular formula is C18H22O2S. The van der Waals surface area contributed by atoms with Gasteiger partial charge in [0.1, 0.15) is 5.75 Å². The summed E-state index contributed by atoms with van der Waals surface area (Å²) < 4.78 is 5.68. The summed E-state index contributed by atoms with van der Waals surface area (Å²) in [4.78, 5) is 14.4. The Balaban J connectivity index is 2.07. The third-order valence-electron chi connectivity index (χ3n) is 3.41. The highest BCUT2D eigenvalue weighted by molar-refractivity contribution is 7.12. The monoisotopic (exact) mass is 302 g/mol. The molecule has 0 N–H and O–H groups in total. The van der Waals surface area contributed by atoms with Gasteiger partial charge in [-0.2, -0.15) is 0 Å². The molecule has 0 saturated heterocycles. The molecule has 1 aromatic carbocycles. The number of ketones is 1. The largest absolute Gasteiger partial charge is 0.485 e. The molecule has 0 aliphatic rings. The van der Waals surface area contributed by atoms with E-state index < -0.39 is 0 Å². The summed E-state index contributed by atoms with van der Waals surface area (Å²) in [6.07, 6.45) is 0. The van der Waals surface area contributed by atoms with Crippen molar-refractivity contribution in [1.82, 2.24) is 0 Å². The van der Waals surface area contributed by atoms with E-state index in [-0.39, 0.29) is 17.8 Å². The smallest absolute Gasteiger partial charge is 0.201 e. The van der Waals surface area contributed by atoms with Crippen LogP contribution in [0.4, 0.5) is 0 Å². The van der Waals surface area contributed by atoms with Crippen LogP contribution in [0.2, 0.25) is 0 Å². The van der Waals surface area contributed by atoms with Gasteiger partial charge in [0, 0.05) is 15.3 Å². The van der Waals surface area contributed by atoms with E-state index in [1.807, 2.05) is 38.1 Å². The fourth-order valence-electron chi connectivity index (χ4n) is 2.19. The molecule has 0 radical (unpaired) electrons. The average Bonchev–Trinajstić information content (AvgIpc) is 2.74. The Bertz CT molecular complexity index is 647. The van der Waals surface area contributed by atoms with Crippen LogP contribution >= 0.6 is 11.3 Å². The molecule has 0 fully saturated rings. The highest BCUT2D eigenvalue weighted by atomic mass is 32.1. The standard InChI is InChI=1S/C18H22O2S/c1-12-9-16(13(2)21-12)17(19)11-20-15-8-6-7-14(10-15)18(3,4)5/h6-10H,11H2,1-5H3. The van der Waals surface area contributed by atoms with Gasteiger partial charge in [0.15, 0.2) is 6.61 Å². The minimum atomic E-state index is 0.0398. The van der Waals surface area contributed by atoms with Crippen LogP contribution in [0.1, 0.15) is 46.4 Å². The number of hydrogen-bond acceptors (Lipinski definition) is 3.